The Labute approximate surface area is 136 Å². The lowest BCUT2D eigenvalue weighted by molar-refractivity contribution is -0.341. The third-order valence-corrected chi connectivity index (χ3v) is 5.39. The third-order valence-electron chi connectivity index (χ3n) is 5.39. The van der Waals surface area contributed by atoms with Gasteiger partial charge in [-0.05, 0) is 33.1 Å². The van der Waals surface area contributed by atoms with E-state index in [-0.39, 0.29) is 29.9 Å². The van der Waals surface area contributed by atoms with Crippen LogP contribution in [0.25, 0.3) is 0 Å². The number of carbonyl (C=O) groups excluding carboxylic acids is 1. The van der Waals surface area contributed by atoms with E-state index in [9.17, 15) is 9.90 Å². The van der Waals surface area contributed by atoms with Crippen molar-refractivity contribution in [3.8, 4) is 0 Å². The van der Waals surface area contributed by atoms with Gasteiger partial charge in [0, 0.05) is 25.2 Å². The number of hydrogen-bond donors (Lipinski definition) is 2. The zero-order valence-electron chi connectivity index (χ0n) is 14.0. The van der Waals surface area contributed by atoms with Crippen LogP contribution in [0.2, 0.25) is 0 Å². The molecule has 3 aliphatic rings. The summed E-state index contributed by atoms with van der Waals surface area (Å²) in [5, 5.41) is 13.7. The van der Waals surface area contributed by atoms with Crippen LogP contribution in [0.15, 0.2) is 0 Å². The summed E-state index contributed by atoms with van der Waals surface area (Å²) in [5.74, 6) is -1.23. The predicted molar refractivity (Wildman–Crippen MR) is 80.8 cm³/mol. The minimum absolute atomic E-state index is 0.0541. The van der Waals surface area contributed by atoms with E-state index in [0.29, 0.717) is 32.8 Å². The summed E-state index contributed by atoms with van der Waals surface area (Å²) >= 11 is 0. The second kappa shape index (κ2) is 6.55. The Morgan fingerprint density at radius 2 is 1.91 bits per heavy atom. The quantitative estimate of drug-likeness (QED) is 0.704. The molecule has 1 saturated heterocycles. The lowest BCUT2D eigenvalue weighted by Gasteiger charge is -2.50. The van der Waals surface area contributed by atoms with Gasteiger partial charge in [-0.15, -0.1) is 0 Å². The van der Waals surface area contributed by atoms with Crippen LogP contribution in [0.1, 0.15) is 27.2 Å². The van der Waals surface area contributed by atoms with Gasteiger partial charge in [0.2, 0.25) is 5.79 Å². The second-order valence-electron chi connectivity index (χ2n) is 6.38. The van der Waals surface area contributed by atoms with E-state index in [1.807, 2.05) is 13.8 Å². The van der Waals surface area contributed by atoms with Gasteiger partial charge in [0.1, 0.15) is 6.10 Å². The Morgan fingerprint density at radius 1 is 1.22 bits per heavy atom. The van der Waals surface area contributed by atoms with Gasteiger partial charge < -0.3 is 29.4 Å². The van der Waals surface area contributed by atoms with Crippen LogP contribution in [0, 0.1) is 17.8 Å². The number of aliphatic hydroxyl groups is 1. The number of fused-ring (bicyclic) bond motifs is 2. The Morgan fingerprint density at radius 3 is 2.52 bits per heavy atom. The molecule has 2 aliphatic carbocycles. The first-order valence-corrected chi connectivity index (χ1v) is 8.59. The van der Waals surface area contributed by atoms with Crippen LogP contribution in [-0.2, 0) is 18.9 Å². The molecule has 3 fully saturated rings. The minimum Gasteiger partial charge on any atom is -0.450 e. The van der Waals surface area contributed by atoms with Crippen molar-refractivity contribution in [3.05, 3.63) is 0 Å². The van der Waals surface area contributed by atoms with Crippen LogP contribution in [0.4, 0.5) is 4.79 Å². The average molecular weight is 329 g/mol. The standard InChI is InChI=1S/C16H27NO6/c1-4-20-15(19)17-13-10-8-21-11-7-9(10)14(18)12(13)16(11,22-5-2)23-6-3/h9-14,18H,4-8H2,1-3H3,(H,17,19). The summed E-state index contributed by atoms with van der Waals surface area (Å²) in [4.78, 5) is 12.0. The molecule has 3 bridgehead atoms. The van der Waals surface area contributed by atoms with E-state index >= 15 is 0 Å². The maximum absolute atomic E-state index is 12.0. The number of rotatable bonds is 6. The first kappa shape index (κ1) is 17.0. The van der Waals surface area contributed by atoms with E-state index in [0.717, 1.165) is 0 Å². The number of ether oxygens (including phenoxy) is 4. The summed E-state index contributed by atoms with van der Waals surface area (Å²) in [6.45, 7) is 7.25. The van der Waals surface area contributed by atoms with Crippen molar-refractivity contribution >= 4 is 6.09 Å². The molecule has 7 heteroatoms. The Hall–Kier alpha value is -0.890. The largest absolute Gasteiger partial charge is 0.450 e. The Bertz CT molecular complexity index is 438. The molecule has 7 nitrogen and oxygen atoms in total. The maximum atomic E-state index is 12.0. The van der Waals surface area contributed by atoms with Crippen LogP contribution >= 0.6 is 0 Å². The molecule has 2 N–H and O–H groups in total. The van der Waals surface area contributed by atoms with Crippen molar-refractivity contribution in [3.63, 3.8) is 0 Å². The van der Waals surface area contributed by atoms with Gasteiger partial charge in [0.15, 0.2) is 0 Å². The molecule has 1 heterocycles. The lowest BCUT2D eigenvalue weighted by Crippen LogP contribution is -2.63. The monoisotopic (exact) mass is 329 g/mol. The summed E-state index contributed by atoms with van der Waals surface area (Å²) in [6, 6.07) is -0.278. The van der Waals surface area contributed by atoms with E-state index < -0.39 is 18.0 Å². The predicted octanol–water partition coefficient (Wildman–Crippen LogP) is 0.896. The number of alkyl carbamates (subject to hydrolysis) is 1. The van der Waals surface area contributed by atoms with Crippen molar-refractivity contribution in [1.82, 2.24) is 5.32 Å². The van der Waals surface area contributed by atoms with Crippen LogP contribution in [-0.4, -0.2) is 61.7 Å². The first-order valence-electron chi connectivity index (χ1n) is 8.59. The number of nitrogens with one attached hydrogen (secondary N) is 1. The van der Waals surface area contributed by atoms with Crippen molar-refractivity contribution in [2.75, 3.05) is 26.4 Å². The first-order chi connectivity index (χ1) is 11.1. The SMILES string of the molecule is CCOC(=O)NC1C2COC3CC2C(O)C1C3(OCC)OCC. The van der Waals surface area contributed by atoms with E-state index in [1.54, 1.807) is 6.92 Å². The molecule has 0 radical (unpaired) electrons. The average Bonchev–Trinajstić information content (AvgIpc) is 2.66. The van der Waals surface area contributed by atoms with Gasteiger partial charge in [-0.1, -0.05) is 0 Å². The highest BCUT2D eigenvalue weighted by molar-refractivity contribution is 5.67. The highest BCUT2D eigenvalue weighted by Crippen LogP contribution is 2.56. The van der Waals surface area contributed by atoms with E-state index in [4.69, 9.17) is 18.9 Å². The highest BCUT2D eigenvalue weighted by atomic mass is 16.7. The minimum atomic E-state index is -1.02. The van der Waals surface area contributed by atoms with Gasteiger partial charge in [-0.25, -0.2) is 4.79 Å². The molecule has 23 heavy (non-hydrogen) atoms. The zero-order chi connectivity index (χ0) is 16.6. The summed E-state index contributed by atoms with van der Waals surface area (Å²) < 4.78 is 23.0. The molecule has 3 rings (SSSR count). The fraction of sp³-hybridized carbons (Fsp3) is 0.938. The zero-order valence-corrected chi connectivity index (χ0v) is 14.0. The van der Waals surface area contributed by atoms with Gasteiger partial charge in [-0.2, -0.15) is 0 Å². The highest BCUT2D eigenvalue weighted by Gasteiger charge is 2.69. The molecular weight excluding hydrogens is 302 g/mol. The molecular formula is C16H27NO6. The Kier molecular flexibility index (Phi) is 4.83. The lowest BCUT2D eigenvalue weighted by atomic mass is 9.76. The number of hydrogen-bond acceptors (Lipinski definition) is 6. The molecule has 1 aliphatic heterocycles. The fourth-order valence-corrected chi connectivity index (χ4v) is 4.71. The summed E-state index contributed by atoms with van der Waals surface area (Å²) in [7, 11) is 0. The smallest absolute Gasteiger partial charge is 0.407 e. The maximum Gasteiger partial charge on any atom is 0.407 e. The van der Waals surface area contributed by atoms with E-state index in [2.05, 4.69) is 5.32 Å². The van der Waals surface area contributed by atoms with Gasteiger partial charge in [0.05, 0.1) is 25.2 Å². The molecule has 132 valence electrons. The summed E-state index contributed by atoms with van der Waals surface area (Å²) in [6.07, 6.45) is -0.581. The van der Waals surface area contributed by atoms with Gasteiger partial charge in [-0.3, -0.25) is 0 Å². The normalized spacial score (nSPS) is 40.2. The van der Waals surface area contributed by atoms with Gasteiger partial charge >= 0.3 is 6.09 Å². The molecule has 2 saturated carbocycles. The molecule has 0 aromatic carbocycles. The molecule has 1 amide bonds. The fourth-order valence-electron chi connectivity index (χ4n) is 4.71. The number of aliphatic hydroxyl groups excluding tert-OH is 1. The van der Waals surface area contributed by atoms with E-state index in [1.165, 1.54) is 0 Å². The molecule has 6 atom stereocenters. The third kappa shape index (κ3) is 2.54. The Balaban J connectivity index is 1.93. The van der Waals surface area contributed by atoms with Crippen LogP contribution < -0.4 is 5.32 Å². The molecule has 0 aromatic heterocycles. The number of amides is 1. The van der Waals surface area contributed by atoms with Crippen molar-refractivity contribution in [2.45, 2.75) is 51.2 Å². The number of carbonyl (C=O) groups is 1. The molecule has 6 unspecified atom stereocenters. The van der Waals surface area contributed by atoms with Crippen LogP contribution in [0.3, 0.4) is 0 Å². The van der Waals surface area contributed by atoms with Gasteiger partial charge in [0.25, 0.3) is 0 Å². The molecule has 0 aromatic rings. The van der Waals surface area contributed by atoms with Crippen LogP contribution in [0.5, 0.6) is 0 Å². The summed E-state index contributed by atoms with van der Waals surface area (Å²) in [5.41, 5.74) is 0. The molecule has 0 spiro atoms. The van der Waals surface area contributed by atoms with Crippen molar-refractivity contribution < 1.29 is 28.8 Å². The van der Waals surface area contributed by atoms with Crippen molar-refractivity contribution in [1.29, 1.82) is 0 Å². The second-order valence-corrected chi connectivity index (χ2v) is 6.38. The topological polar surface area (TPSA) is 86.3 Å². The van der Waals surface area contributed by atoms with Crippen molar-refractivity contribution in [2.24, 2.45) is 17.8 Å².